The second kappa shape index (κ2) is 7.74. The van der Waals surface area contributed by atoms with E-state index in [-0.39, 0.29) is 5.91 Å². The average molecular weight is 358 g/mol. The molecule has 4 rings (SSSR count). The first-order chi connectivity index (χ1) is 13.3. The Balaban J connectivity index is 1.53. The van der Waals surface area contributed by atoms with Gasteiger partial charge in [0.2, 0.25) is 11.8 Å². The third kappa shape index (κ3) is 4.15. The second-order valence-electron chi connectivity index (χ2n) is 6.11. The van der Waals surface area contributed by atoms with Crippen molar-refractivity contribution in [2.24, 2.45) is 0 Å². The van der Waals surface area contributed by atoms with Crippen molar-refractivity contribution >= 4 is 23.1 Å². The number of hydrogen-bond acceptors (Lipinski definition) is 4. The molecule has 4 aromatic rings. The zero-order valence-corrected chi connectivity index (χ0v) is 14.6. The van der Waals surface area contributed by atoms with Crippen molar-refractivity contribution in [1.82, 2.24) is 9.88 Å². The Morgan fingerprint density at radius 1 is 0.963 bits per heavy atom. The average Bonchev–Trinajstić information content (AvgIpc) is 3.35. The van der Waals surface area contributed by atoms with Crippen LogP contribution in [0.3, 0.4) is 0 Å². The van der Waals surface area contributed by atoms with Gasteiger partial charge < -0.3 is 13.7 Å². The Hall–Kier alpha value is -3.60. The number of nitrogens with zero attached hydrogens (tertiary/aromatic N) is 2. The highest BCUT2D eigenvalue weighted by Crippen LogP contribution is 2.16. The maximum absolute atomic E-state index is 12.8. The predicted molar refractivity (Wildman–Crippen MR) is 102 cm³/mol. The quantitative estimate of drug-likeness (QED) is 0.470. The molecule has 1 amide bonds. The number of benzene rings is 2. The van der Waals surface area contributed by atoms with Gasteiger partial charge in [-0.15, -0.1) is 0 Å². The molecule has 0 aliphatic heterocycles. The number of fused-ring (bicyclic) bond motifs is 1. The van der Waals surface area contributed by atoms with Crippen LogP contribution < -0.4 is 0 Å². The molecule has 2 heterocycles. The molecule has 27 heavy (non-hydrogen) atoms. The minimum absolute atomic E-state index is 0.141. The van der Waals surface area contributed by atoms with Crippen molar-refractivity contribution in [3.05, 3.63) is 96.3 Å². The molecule has 0 unspecified atom stereocenters. The van der Waals surface area contributed by atoms with Crippen molar-refractivity contribution in [3.63, 3.8) is 0 Å². The van der Waals surface area contributed by atoms with Crippen LogP contribution in [-0.2, 0) is 17.9 Å². The summed E-state index contributed by atoms with van der Waals surface area (Å²) in [4.78, 5) is 18.9. The van der Waals surface area contributed by atoms with Gasteiger partial charge in [-0.1, -0.05) is 42.5 Å². The molecule has 0 saturated heterocycles. The number of rotatable bonds is 6. The van der Waals surface area contributed by atoms with E-state index in [1.54, 1.807) is 17.2 Å². The van der Waals surface area contributed by atoms with E-state index in [4.69, 9.17) is 8.83 Å². The van der Waals surface area contributed by atoms with Gasteiger partial charge in [0.05, 0.1) is 12.8 Å². The summed E-state index contributed by atoms with van der Waals surface area (Å²) in [7, 11) is 0. The Kier molecular flexibility index (Phi) is 4.83. The monoisotopic (exact) mass is 358 g/mol. The molecule has 0 N–H and O–H groups in total. The molecule has 134 valence electrons. The van der Waals surface area contributed by atoms with Gasteiger partial charge in [-0.25, -0.2) is 4.98 Å². The maximum Gasteiger partial charge on any atom is 0.247 e. The lowest BCUT2D eigenvalue weighted by Crippen LogP contribution is -2.28. The van der Waals surface area contributed by atoms with E-state index in [1.165, 1.54) is 6.08 Å². The number of carbonyl (C=O) groups excluding carboxylic acids is 1. The lowest BCUT2D eigenvalue weighted by Gasteiger charge is -2.20. The first-order valence-electron chi connectivity index (χ1n) is 8.67. The number of amides is 1. The molecule has 0 saturated carbocycles. The van der Waals surface area contributed by atoms with Crippen LogP contribution in [0.2, 0.25) is 0 Å². The number of para-hydroxylation sites is 2. The first-order valence-corrected chi connectivity index (χ1v) is 8.67. The number of carbonyl (C=O) groups is 1. The normalized spacial score (nSPS) is 11.3. The van der Waals surface area contributed by atoms with Crippen LogP contribution in [0.15, 0.2) is 87.9 Å². The number of aromatic nitrogens is 1. The van der Waals surface area contributed by atoms with Crippen LogP contribution in [0, 0.1) is 0 Å². The standard InChI is InChI=1S/C22H18N2O3/c25-22(13-12-21-23-19-10-4-5-11-20(19)27-21)24(16-18-9-6-14-26-18)15-17-7-2-1-3-8-17/h1-14H,15-16H2/b13-12+. The molecule has 0 spiro atoms. The molecule has 0 radical (unpaired) electrons. The van der Waals surface area contributed by atoms with E-state index in [0.29, 0.717) is 24.6 Å². The summed E-state index contributed by atoms with van der Waals surface area (Å²) < 4.78 is 11.0. The Bertz CT molecular complexity index is 1020. The van der Waals surface area contributed by atoms with Crippen LogP contribution in [0.4, 0.5) is 0 Å². The topological polar surface area (TPSA) is 59.5 Å². The molecule has 0 fully saturated rings. The van der Waals surface area contributed by atoms with Gasteiger partial charge in [0.25, 0.3) is 0 Å². The molecule has 2 aromatic heterocycles. The van der Waals surface area contributed by atoms with Gasteiger partial charge in [0.15, 0.2) is 5.58 Å². The van der Waals surface area contributed by atoms with E-state index >= 15 is 0 Å². The highest BCUT2D eigenvalue weighted by Gasteiger charge is 2.14. The van der Waals surface area contributed by atoms with E-state index < -0.39 is 0 Å². The Morgan fingerprint density at radius 2 is 1.78 bits per heavy atom. The summed E-state index contributed by atoms with van der Waals surface area (Å²) in [5.41, 5.74) is 2.51. The van der Waals surface area contributed by atoms with Crippen LogP contribution in [-0.4, -0.2) is 15.8 Å². The van der Waals surface area contributed by atoms with Gasteiger partial charge in [-0.3, -0.25) is 4.79 Å². The number of hydrogen-bond donors (Lipinski definition) is 0. The lowest BCUT2D eigenvalue weighted by atomic mass is 10.2. The third-order valence-corrected chi connectivity index (χ3v) is 4.13. The van der Waals surface area contributed by atoms with Gasteiger partial charge >= 0.3 is 0 Å². The molecule has 5 heteroatoms. The van der Waals surface area contributed by atoms with Crippen LogP contribution in [0.5, 0.6) is 0 Å². The highest BCUT2D eigenvalue weighted by atomic mass is 16.3. The zero-order chi connectivity index (χ0) is 18.5. The molecular weight excluding hydrogens is 340 g/mol. The summed E-state index contributed by atoms with van der Waals surface area (Å²) in [6, 6.07) is 21.0. The minimum Gasteiger partial charge on any atom is -0.467 e. The van der Waals surface area contributed by atoms with Crippen molar-refractivity contribution in [3.8, 4) is 0 Å². The van der Waals surface area contributed by atoms with E-state index in [1.807, 2.05) is 66.7 Å². The number of furan rings is 1. The van der Waals surface area contributed by atoms with Crippen molar-refractivity contribution in [2.45, 2.75) is 13.1 Å². The largest absolute Gasteiger partial charge is 0.467 e. The van der Waals surface area contributed by atoms with Crippen molar-refractivity contribution in [1.29, 1.82) is 0 Å². The van der Waals surface area contributed by atoms with Gasteiger partial charge in [0.1, 0.15) is 11.3 Å². The molecule has 0 aliphatic carbocycles. The Morgan fingerprint density at radius 3 is 2.56 bits per heavy atom. The molecule has 2 aromatic carbocycles. The maximum atomic E-state index is 12.8. The summed E-state index contributed by atoms with van der Waals surface area (Å²) in [6.45, 7) is 0.872. The summed E-state index contributed by atoms with van der Waals surface area (Å²) in [5, 5.41) is 0. The fourth-order valence-corrected chi connectivity index (χ4v) is 2.82. The SMILES string of the molecule is O=C(/C=C/c1nc2ccccc2o1)N(Cc1ccccc1)Cc1ccco1. The minimum atomic E-state index is -0.141. The van der Waals surface area contributed by atoms with E-state index in [9.17, 15) is 4.79 Å². The smallest absolute Gasteiger partial charge is 0.247 e. The van der Waals surface area contributed by atoms with Gasteiger partial charge in [0, 0.05) is 18.7 Å². The number of oxazole rings is 1. The molecule has 5 nitrogen and oxygen atoms in total. The second-order valence-corrected chi connectivity index (χ2v) is 6.11. The van der Waals surface area contributed by atoms with E-state index in [2.05, 4.69) is 4.98 Å². The summed E-state index contributed by atoms with van der Waals surface area (Å²) in [5.74, 6) is 0.995. The Labute approximate surface area is 156 Å². The fourth-order valence-electron chi connectivity index (χ4n) is 2.82. The van der Waals surface area contributed by atoms with Crippen LogP contribution in [0.25, 0.3) is 17.2 Å². The van der Waals surface area contributed by atoms with Crippen molar-refractivity contribution < 1.29 is 13.6 Å². The van der Waals surface area contributed by atoms with Crippen LogP contribution >= 0.6 is 0 Å². The highest BCUT2D eigenvalue weighted by molar-refractivity contribution is 5.91. The molecular formula is C22H18N2O3. The molecule has 0 aliphatic rings. The fraction of sp³-hybridized carbons (Fsp3) is 0.0909. The lowest BCUT2D eigenvalue weighted by molar-refractivity contribution is -0.127. The zero-order valence-electron chi connectivity index (χ0n) is 14.6. The summed E-state index contributed by atoms with van der Waals surface area (Å²) >= 11 is 0. The van der Waals surface area contributed by atoms with Crippen molar-refractivity contribution in [2.75, 3.05) is 0 Å². The predicted octanol–water partition coefficient (Wildman–Crippen LogP) is 4.66. The molecule has 0 bridgehead atoms. The van der Waals surface area contributed by atoms with Crippen LogP contribution in [0.1, 0.15) is 17.2 Å². The summed E-state index contributed by atoms with van der Waals surface area (Å²) in [6.07, 6.45) is 4.69. The van der Waals surface area contributed by atoms with E-state index in [0.717, 1.165) is 16.8 Å². The molecule has 0 atom stereocenters. The third-order valence-electron chi connectivity index (χ3n) is 4.13. The first kappa shape index (κ1) is 16.8. The van der Waals surface area contributed by atoms with Gasteiger partial charge in [-0.2, -0.15) is 0 Å². The van der Waals surface area contributed by atoms with Gasteiger partial charge in [-0.05, 0) is 29.8 Å².